The van der Waals surface area contributed by atoms with E-state index in [0.29, 0.717) is 18.8 Å². The van der Waals surface area contributed by atoms with Crippen LogP contribution in [0.25, 0.3) is 0 Å². The number of anilines is 1. The van der Waals surface area contributed by atoms with Gasteiger partial charge >= 0.3 is 0 Å². The Balaban J connectivity index is 1.58. The summed E-state index contributed by atoms with van der Waals surface area (Å²) in [4.78, 5) is 38.1. The van der Waals surface area contributed by atoms with Gasteiger partial charge in [-0.15, -0.1) is 0 Å². The van der Waals surface area contributed by atoms with E-state index < -0.39 is 46.6 Å². The van der Waals surface area contributed by atoms with Crippen molar-refractivity contribution in [3.05, 3.63) is 46.0 Å². The van der Waals surface area contributed by atoms with Crippen molar-refractivity contribution in [2.45, 2.75) is 24.9 Å². The Morgan fingerprint density at radius 1 is 1.22 bits per heavy atom. The lowest BCUT2D eigenvalue weighted by Crippen LogP contribution is -2.49. The number of benzene rings is 1. The molecule has 5 rings (SSSR count). The van der Waals surface area contributed by atoms with E-state index in [1.165, 1.54) is 18.2 Å². The minimum atomic E-state index is -1.14. The number of carbonyl (C=O) groups excluding carboxylic acids is 2. The molecule has 4 heterocycles. The Kier molecular flexibility index (Phi) is 3.34. The number of amides is 2. The first-order valence-corrected chi connectivity index (χ1v) is 8.67. The van der Waals surface area contributed by atoms with Crippen LogP contribution in [-0.4, -0.2) is 47.9 Å². The summed E-state index contributed by atoms with van der Waals surface area (Å²) in [5.74, 6) is -2.32. The van der Waals surface area contributed by atoms with Gasteiger partial charge in [-0.25, -0.2) is 4.90 Å². The summed E-state index contributed by atoms with van der Waals surface area (Å²) in [7, 11) is 0. The van der Waals surface area contributed by atoms with Crippen molar-refractivity contribution < 1.29 is 28.7 Å². The van der Waals surface area contributed by atoms with Crippen LogP contribution in [0.5, 0.6) is 0 Å². The first-order chi connectivity index (χ1) is 12.9. The molecule has 3 saturated heterocycles. The number of nitrogens with zero attached hydrogens (tertiary/aromatic N) is 2. The molecule has 4 atom stereocenters. The van der Waals surface area contributed by atoms with Crippen molar-refractivity contribution in [1.29, 1.82) is 0 Å². The van der Waals surface area contributed by atoms with Crippen LogP contribution >= 0.6 is 0 Å². The number of hydrogen-bond acceptors (Lipinski definition) is 7. The van der Waals surface area contributed by atoms with Gasteiger partial charge in [-0.3, -0.25) is 19.7 Å². The van der Waals surface area contributed by atoms with Crippen molar-refractivity contribution in [2.75, 3.05) is 18.1 Å². The summed E-state index contributed by atoms with van der Waals surface area (Å²) in [6.07, 6.45) is 2.23. The van der Waals surface area contributed by atoms with Gasteiger partial charge in [-0.1, -0.05) is 12.1 Å². The average Bonchev–Trinajstić information content (AvgIpc) is 3.39. The highest BCUT2D eigenvalue weighted by Crippen LogP contribution is 2.55. The molecule has 2 amide bonds. The van der Waals surface area contributed by atoms with Crippen LogP contribution in [0.2, 0.25) is 0 Å². The van der Waals surface area contributed by atoms with E-state index in [1.54, 1.807) is 19.1 Å². The maximum Gasteiger partial charge on any atom is 0.271 e. The number of aryl methyl sites for hydroxylation is 1. The number of non-ortho nitro benzene ring substituents is 1. The highest BCUT2D eigenvalue weighted by molar-refractivity contribution is 6.23. The summed E-state index contributed by atoms with van der Waals surface area (Å²) >= 11 is 0. The van der Waals surface area contributed by atoms with Crippen molar-refractivity contribution in [2.24, 2.45) is 11.8 Å². The number of nitro benzene ring substituents is 1. The van der Waals surface area contributed by atoms with Crippen molar-refractivity contribution in [1.82, 2.24) is 0 Å². The molecule has 1 aromatic rings. The molecule has 0 aliphatic carbocycles. The van der Waals surface area contributed by atoms with E-state index in [0.717, 1.165) is 4.90 Å². The van der Waals surface area contributed by atoms with Gasteiger partial charge in [0.1, 0.15) is 0 Å². The second-order valence-corrected chi connectivity index (χ2v) is 7.11. The van der Waals surface area contributed by atoms with Gasteiger partial charge in [-0.2, -0.15) is 0 Å². The number of carbonyl (C=O) groups is 2. The quantitative estimate of drug-likeness (QED) is 0.338. The Morgan fingerprint density at radius 3 is 2.67 bits per heavy atom. The molecule has 0 saturated carbocycles. The number of imide groups is 1. The van der Waals surface area contributed by atoms with Crippen LogP contribution in [0.4, 0.5) is 11.4 Å². The Hall–Kier alpha value is -2.62. The summed E-state index contributed by atoms with van der Waals surface area (Å²) in [6, 6.07) is 4.14. The van der Waals surface area contributed by atoms with Crippen molar-refractivity contribution in [3.63, 3.8) is 0 Å². The van der Waals surface area contributed by atoms with E-state index >= 15 is 0 Å². The van der Waals surface area contributed by atoms with Gasteiger partial charge in [0.15, 0.2) is 11.9 Å². The zero-order valence-corrected chi connectivity index (χ0v) is 14.4. The zero-order valence-electron chi connectivity index (χ0n) is 14.4. The van der Waals surface area contributed by atoms with Crippen molar-refractivity contribution in [3.8, 4) is 0 Å². The highest BCUT2D eigenvalue weighted by Gasteiger charge is 2.71. The van der Waals surface area contributed by atoms with Crippen LogP contribution in [0.15, 0.2) is 30.4 Å². The predicted molar refractivity (Wildman–Crippen MR) is 89.7 cm³/mol. The fourth-order valence-electron chi connectivity index (χ4n) is 4.52. The van der Waals surface area contributed by atoms with Gasteiger partial charge in [0.2, 0.25) is 11.8 Å². The maximum absolute atomic E-state index is 13.3. The van der Waals surface area contributed by atoms with Gasteiger partial charge < -0.3 is 14.2 Å². The predicted octanol–water partition coefficient (Wildman–Crippen LogP) is 1.09. The van der Waals surface area contributed by atoms with Crippen LogP contribution in [0, 0.1) is 28.9 Å². The van der Waals surface area contributed by atoms with Gasteiger partial charge in [-0.05, 0) is 18.6 Å². The molecule has 4 aliphatic heterocycles. The molecule has 9 nitrogen and oxygen atoms in total. The fraction of sp³-hybridized carbons (Fsp3) is 0.444. The molecule has 0 unspecified atom stereocenters. The molecular formula is C18H16N2O7. The molecule has 0 spiro atoms. The smallest absolute Gasteiger partial charge is 0.271 e. The summed E-state index contributed by atoms with van der Waals surface area (Å²) in [5, 5.41) is 11.1. The lowest BCUT2D eigenvalue weighted by molar-refractivity contribution is -0.384. The third-order valence-electron chi connectivity index (χ3n) is 5.71. The van der Waals surface area contributed by atoms with Crippen LogP contribution in [-0.2, 0) is 23.8 Å². The second-order valence-electron chi connectivity index (χ2n) is 7.11. The lowest BCUT2D eigenvalue weighted by Gasteiger charge is -2.32. The highest BCUT2D eigenvalue weighted by atomic mass is 16.7. The minimum Gasteiger partial charge on any atom is -0.357 e. The van der Waals surface area contributed by atoms with E-state index in [2.05, 4.69) is 0 Å². The van der Waals surface area contributed by atoms with Crippen LogP contribution in [0.1, 0.15) is 5.56 Å². The van der Waals surface area contributed by atoms with Gasteiger partial charge in [0, 0.05) is 12.1 Å². The molecule has 0 aromatic heterocycles. The fourth-order valence-corrected chi connectivity index (χ4v) is 4.52. The number of fused-ring (bicyclic) bond motifs is 5. The second kappa shape index (κ2) is 5.44. The minimum absolute atomic E-state index is 0.178. The zero-order chi connectivity index (χ0) is 18.9. The largest absolute Gasteiger partial charge is 0.357 e. The van der Waals surface area contributed by atoms with E-state index in [4.69, 9.17) is 14.2 Å². The van der Waals surface area contributed by atoms with Gasteiger partial charge in [0.25, 0.3) is 5.69 Å². The number of hydrogen-bond donors (Lipinski definition) is 0. The Morgan fingerprint density at radius 2 is 1.96 bits per heavy atom. The molecule has 27 heavy (non-hydrogen) atoms. The maximum atomic E-state index is 13.3. The molecule has 140 valence electrons. The average molecular weight is 372 g/mol. The van der Waals surface area contributed by atoms with Crippen molar-refractivity contribution >= 4 is 23.2 Å². The number of nitro groups is 1. The third-order valence-corrected chi connectivity index (χ3v) is 5.71. The van der Waals surface area contributed by atoms with Crippen LogP contribution < -0.4 is 4.90 Å². The monoisotopic (exact) mass is 372 g/mol. The molecule has 0 radical (unpaired) electrons. The molecule has 3 fully saturated rings. The lowest BCUT2D eigenvalue weighted by atomic mass is 9.76. The summed E-state index contributed by atoms with van der Waals surface area (Å²) in [5.41, 5.74) is -0.479. The topological polar surface area (TPSA) is 108 Å². The molecule has 9 heteroatoms. The number of rotatable bonds is 3. The summed E-state index contributed by atoms with van der Waals surface area (Å²) in [6.45, 7) is 2.49. The van der Waals surface area contributed by atoms with E-state index in [9.17, 15) is 19.7 Å². The standard InChI is InChI=1S/C18H16N2O7/c1-9-2-3-10(20(23)24)8-11(9)19-15(21)13-12-4-5-18(27-12,14(13)16(19)22)17-25-6-7-26-17/h2-5,8,12-14,17H,6-7H2,1H3/t12-,13-,14-,18-/m1/s1. The molecule has 2 bridgehead atoms. The molecule has 0 N–H and O–H groups in total. The van der Waals surface area contributed by atoms with E-state index in [-0.39, 0.29) is 11.4 Å². The number of ether oxygens (including phenoxy) is 3. The molecular weight excluding hydrogens is 356 g/mol. The molecule has 4 aliphatic rings. The van der Waals surface area contributed by atoms with E-state index in [1.807, 2.05) is 0 Å². The van der Waals surface area contributed by atoms with Gasteiger partial charge in [0.05, 0.1) is 41.8 Å². The first kappa shape index (κ1) is 16.5. The summed E-state index contributed by atoms with van der Waals surface area (Å²) < 4.78 is 17.2. The third kappa shape index (κ3) is 2.04. The first-order valence-electron chi connectivity index (χ1n) is 8.67. The molecule has 1 aromatic carbocycles. The Bertz CT molecular complexity index is 907. The SMILES string of the molecule is Cc1ccc([N+](=O)[O-])cc1N1C(=O)[C@@H]2[C@H]3C=C[C@@](C4OCCO4)(O3)[C@H]2C1=O. The van der Waals surface area contributed by atoms with Crippen LogP contribution in [0.3, 0.4) is 0 Å². The normalized spacial score (nSPS) is 34.7. The Labute approximate surface area is 153 Å².